The molecule has 1 heterocycles. The second kappa shape index (κ2) is 6.72. The van der Waals surface area contributed by atoms with Crippen LogP contribution in [-0.2, 0) is 14.3 Å². The fourth-order valence-corrected chi connectivity index (χ4v) is 3.60. The fraction of sp³-hybridized carbons (Fsp3) is 0.474. The van der Waals surface area contributed by atoms with Crippen molar-refractivity contribution in [3.63, 3.8) is 0 Å². The number of amides is 1. The largest absolute Gasteiger partial charge is 0.484 e. The minimum atomic E-state index is -0.759. The molecule has 0 aromatic heterocycles. The van der Waals surface area contributed by atoms with E-state index in [0.29, 0.717) is 31.9 Å². The topological polar surface area (TPSA) is 81.9 Å². The highest BCUT2D eigenvalue weighted by Crippen LogP contribution is 2.40. The van der Waals surface area contributed by atoms with E-state index in [2.05, 4.69) is 0 Å². The first-order valence-corrected chi connectivity index (χ1v) is 8.54. The minimum absolute atomic E-state index is 0.102. The van der Waals surface area contributed by atoms with Gasteiger partial charge in [-0.1, -0.05) is 13.8 Å². The highest BCUT2D eigenvalue weighted by molar-refractivity contribution is 5.99. The molecule has 1 fully saturated rings. The number of ketones is 1. The number of rotatable bonds is 3. The predicted octanol–water partition coefficient (Wildman–Crippen LogP) is 1.64. The zero-order valence-electron chi connectivity index (χ0n) is 15.0. The lowest BCUT2D eigenvalue weighted by atomic mass is 9.71. The maximum atomic E-state index is 12.9. The summed E-state index contributed by atoms with van der Waals surface area (Å²) in [6, 6.07) is 5.50. The number of morpholine rings is 1. The molecule has 0 radical (unpaired) electrons. The number of hydrogen-bond donors (Lipinski definition) is 1. The molecule has 1 saturated heterocycles. The Balaban J connectivity index is 1.67. The van der Waals surface area contributed by atoms with Gasteiger partial charge in [0.1, 0.15) is 17.2 Å². The summed E-state index contributed by atoms with van der Waals surface area (Å²) in [4.78, 5) is 26.4. The Hall–Kier alpha value is -2.41. The van der Waals surface area contributed by atoms with E-state index in [1.165, 1.54) is 24.3 Å². The maximum Gasteiger partial charge on any atom is 0.260 e. The molecule has 26 heavy (non-hydrogen) atoms. The van der Waals surface area contributed by atoms with Gasteiger partial charge >= 0.3 is 0 Å². The van der Waals surface area contributed by atoms with Gasteiger partial charge in [-0.05, 0) is 36.8 Å². The van der Waals surface area contributed by atoms with Crippen molar-refractivity contribution in [1.29, 1.82) is 0 Å². The third-order valence-corrected chi connectivity index (χ3v) is 4.77. The van der Waals surface area contributed by atoms with Crippen LogP contribution < -0.4 is 10.5 Å². The van der Waals surface area contributed by atoms with Gasteiger partial charge in [0.15, 0.2) is 12.4 Å². The average Bonchev–Trinajstić information content (AvgIpc) is 2.58. The van der Waals surface area contributed by atoms with Gasteiger partial charge in [0, 0.05) is 12.0 Å². The average molecular weight is 362 g/mol. The normalized spacial score (nSPS) is 25.1. The van der Waals surface area contributed by atoms with Gasteiger partial charge in [0.2, 0.25) is 0 Å². The molecule has 1 unspecified atom stereocenters. The monoisotopic (exact) mass is 362 g/mol. The van der Waals surface area contributed by atoms with E-state index < -0.39 is 11.0 Å². The third kappa shape index (κ3) is 3.72. The van der Waals surface area contributed by atoms with Crippen molar-refractivity contribution in [3.8, 4) is 5.75 Å². The molecule has 0 saturated carbocycles. The molecule has 1 spiro atoms. The molecule has 0 bridgehead atoms. The van der Waals surface area contributed by atoms with Gasteiger partial charge < -0.3 is 20.1 Å². The summed E-state index contributed by atoms with van der Waals surface area (Å²) >= 11 is 0. The van der Waals surface area contributed by atoms with Crippen LogP contribution in [0.4, 0.5) is 4.39 Å². The summed E-state index contributed by atoms with van der Waals surface area (Å²) in [6.07, 6.45) is 2.10. The number of halogens is 1. The molecule has 1 atom stereocenters. The molecular formula is C19H23FN2O4. The van der Waals surface area contributed by atoms with Crippen LogP contribution in [0.15, 0.2) is 36.0 Å². The Kier molecular flexibility index (Phi) is 4.75. The second-order valence-corrected chi connectivity index (χ2v) is 7.46. The zero-order chi connectivity index (χ0) is 18.9. The molecule has 3 rings (SSSR count). The van der Waals surface area contributed by atoms with Crippen molar-refractivity contribution in [3.05, 3.63) is 41.9 Å². The smallest absolute Gasteiger partial charge is 0.260 e. The Bertz CT molecular complexity index is 744. The van der Waals surface area contributed by atoms with Crippen LogP contribution in [0, 0.1) is 11.2 Å². The minimum Gasteiger partial charge on any atom is -0.484 e. The first kappa shape index (κ1) is 18.4. The molecule has 1 aromatic carbocycles. The quantitative estimate of drug-likeness (QED) is 0.884. The lowest BCUT2D eigenvalue weighted by Gasteiger charge is -2.46. The maximum absolute atomic E-state index is 12.9. The van der Waals surface area contributed by atoms with Crippen molar-refractivity contribution < 1.29 is 23.5 Å². The number of Topliss-reactive ketones (excluding diaryl/α,β-unsaturated/α-hetero) is 1. The Morgan fingerprint density at radius 2 is 2.04 bits per heavy atom. The van der Waals surface area contributed by atoms with Gasteiger partial charge in [-0.2, -0.15) is 0 Å². The van der Waals surface area contributed by atoms with E-state index in [1.807, 2.05) is 13.8 Å². The van der Waals surface area contributed by atoms with E-state index in [1.54, 1.807) is 11.0 Å². The van der Waals surface area contributed by atoms with Crippen molar-refractivity contribution >= 4 is 11.7 Å². The SMILES string of the molecule is CC1(C)CC2(C=C(N)C1=O)CN(C(=O)COc1ccc(F)cc1)CCO2. The number of benzene rings is 1. The first-order valence-electron chi connectivity index (χ1n) is 8.54. The summed E-state index contributed by atoms with van der Waals surface area (Å²) in [7, 11) is 0. The predicted molar refractivity (Wildman–Crippen MR) is 92.8 cm³/mol. The molecule has 2 aliphatic rings. The van der Waals surface area contributed by atoms with Crippen molar-refractivity contribution in [1.82, 2.24) is 4.90 Å². The molecule has 6 nitrogen and oxygen atoms in total. The molecule has 2 N–H and O–H groups in total. The lowest BCUT2D eigenvalue weighted by Crippen LogP contribution is -2.58. The van der Waals surface area contributed by atoms with Gasteiger partial charge in [0.25, 0.3) is 5.91 Å². The van der Waals surface area contributed by atoms with Crippen LogP contribution in [0.25, 0.3) is 0 Å². The van der Waals surface area contributed by atoms with E-state index in [-0.39, 0.29) is 29.8 Å². The third-order valence-electron chi connectivity index (χ3n) is 4.77. The molecule has 1 aromatic rings. The number of allylic oxidation sites excluding steroid dienone is 1. The number of hydrogen-bond acceptors (Lipinski definition) is 5. The number of carbonyl (C=O) groups excluding carboxylic acids is 2. The number of carbonyl (C=O) groups is 2. The highest BCUT2D eigenvalue weighted by atomic mass is 19.1. The summed E-state index contributed by atoms with van der Waals surface area (Å²) in [6.45, 7) is 4.63. The molecule has 140 valence electrons. The second-order valence-electron chi connectivity index (χ2n) is 7.46. The molecule has 1 aliphatic carbocycles. The Labute approximate surface area is 151 Å². The molecule has 1 amide bonds. The summed E-state index contributed by atoms with van der Waals surface area (Å²) in [5.41, 5.74) is 4.68. The van der Waals surface area contributed by atoms with E-state index in [0.717, 1.165) is 0 Å². The van der Waals surface area contributed by atoms with Crippen molar-refractivity contribution in [2.45, 2.75) is 25.9 Å². The van der Waals surface area contributed by atoms with Crippen LogP contribution >= 0.6 is 0 Å². The fourth-order valence-electron chi connectivity index (χ4n) is 3.60. The first-order chi connectivity index (χ1) is 12.2. The summed E-state index contributed by atoms with van der Waals surface area (Å²) in [5.74, 6) is -0.234. The van der Waals surface area contributed by atoms with Gasteiger partial charge in [-0.3, -0.25) is 9.59 Å². The van der Waals surface area contributed by atoms with Crippen LogP contribution in [-0.4, -0.2) is 48.5 Å². The summed E-state index contributed by atoms with van der Waals surface area (Å²) in [5, 5.41) is 0. The molecule has 7 heteroatoms. The van der Waals surface area contributed by atoms with Gasteiger partial charge in [0.05, 0.1) is 18.8 Å². The summed E-state index contributed by atoms with van der Waals surface area (Å²) < 4.78 is 24.3. The Morgan fingerprint density at radius 1 is 1.35 bits per heavy atom. The van der Waals surface area contributed by atoms with E-state index in [9.17, 15) is 14.0 Å². The lowest BCUT2D eigenvalue weighted by molar-refractivity contribution is -0.153. The Morgan fingerprint density at radius 3 is 2.69 bits per heavy atom. The van der Waals surface area contributed by atoms with Crippen LogP contribution in [0.3, 0.4) is 0 Å². The highest BCUT2D eigenvalue weighted by Gasteiger charge is 2.47. The van der Waals surface area contributed by atoms with Crippen molar-refractivity contribution in [2.24, 2.45) is 11.1 Å². The number of nitrogens with zero attached hydrogens (tertiary/aromatic N) is 1. The van der Waals surface area contributed by atoms with E-state index in [4.69, 9.17) is 15.2 Å². The van der Waals surface area contributed by atoms with Crippen LogP contribution in [0.5, 0.6) is 5.75 Å². The molecular weight excluding hydrogens is 339 g/mol. The molecule has 1 aliphatic heterocycles. The zero-order valence-corrected chi connectivity index (χ0v) is 15.0. The van der Waals surface area contributed by atoms with Gasteiger partial charge in [-0.15, -0.1) is 0 Å². The van der Waals surface area contributed by atoms with E-state index >= 15 is 0 Å². The standard InChI is InChI=1S/C19H23FN2O4/c1-18(2)11-19(9-15(21)17(18)24)12-22(7-8-26-19)16(23)10-25-14-5-3-13(20)4-6-14/h3-6,9H,7-8,10-12,21H2,1-2H3. The van der Waals surface area contributed by atoms with Crippen LogP contribution in [0.2, 0.25) is 0 Å². The van der Waals surface area contributed by atoms with Crippen molar-refractivity contribution in [2.75, 3.05) is 26.3 Å². The number of nitrogens with two attached hydrogens (primary N) is 1. The van der Waals surface area contributed by atoms with Crippen LogP contribution in [0.1, 0.15) is 20.3 Å². The number of ether oxygens (including phenoxy) is 2. The van der Waals surface area contributed by atoms with Gasteiger partial charge in [-0.25, -0.2) is 4.39 Å².